The van der Waals surface area contributed by atoms with E-state index in [2.05, 4.69) is 0 Å². The summed E-state index contributed by atoms with van der Waals surface area (Å²) in [4.78, 5) is 12.6. The van der Waals surface area contributed by atoms with Gasteiger partial charge in [-0.15, -0.1) is 0 Å². The van der Waals surface area contributed by atoms with Crippen LogP contribution in [-0.4, -0.2) is 5.78 Å². The molecule has 0 aliphatic carbocycles. The summed E-state index contributed by atoms with van der Waals surface area (Å²) in [6, 6.07) is 15.0. The van der Waals surface area contributed by atoms with E-state index in [4.69, 9.17) is 0 Å². The topological polar surface area (TPSA) is 34.1 Å². The van der Waals surface area contributed by atoms with Crippen molar-refractivity contribution in [2.75, 3.05) is 0 Å². The Hall–Kier alpha value is -1.79. The molecule has 19 heavy (non-hydrogen) atoms. The van der Waals surface area contributed by atoms with Crippen molar-refractivity contribution in [3.8, 4) is 0 Å². The molecule has 0 saturated heterocycles. The Labute approximate surface area is 114 Å². The SMILES string of the molecule is Cc1cccc(C)c1C(=O)C(P=O)c1ccccc1. The van der Waals surface area contributed by atoms with Crippen molar-refractivity contribution in [1.82, 2.24) is 0 Å². The highest BCUT2D eigenvalue weighted by Crippen LogP contribution is 2.32. The molecule has 0 radical (unpaired) electrons. The van der Waals surface area contributed by atoms with Gasteiger partial charge in [0.2, 0.25) is 0 Å². The molecule has 1 unspecified atom stereocenters. The molecular weight excluding hydrogens is 255 g/mol. The Balaban J connectivity index is 2.45. The second kappa shape index (κ2) is 5.90. The number of hydrogen-bond acceptors (Lipinski definition) is 2. The number of carbonyl (C=O) groups is 1. The van der Waals surface area contributed by atoms with Gasteiger partial charge >= 0.3 is 0 Å². The molecule has 0 spiro atoms. The van der Waals surface area contributed by atoms with Crippen molar-refractivity contribution in [3.63, 3.8) is 0 Å². The van der Waals surface area contributed by atoms with Gasteiger partial charge in [-0.3, -0.25) is 9.36 Å². The fraction of sp³-hybridized carbons (Fsp3) is 0.188. The number of aryl methyl sites for hydroxylation is 2. The predicted molar refractivity (Wildman–Crippen MR) is 77.0 cm³/mol. The summed E-state index contributed by atoms with van der Waals surface area (Å²) in [6.45, 7) is 3.81. The van der Waals surface area contributed by atoms with Crippen LogP contribution in [0.2, 0.25) is 0 Å². The van der Waals surface area contributed by atoms with E-state index in [0.29, 0.717) is 5.56 Å². The normalized spacial score (nSPS) is 12.3. The molecule has 0 bridgehead atoms. The summed E-state index contributed by atoms with van der Waals surface area (Å²) in [7, 11) is -0.165. The van der Waals surface area contributed by atoms with Crippen molar-refractivity contribution in [3.05, 3.63) is 70.8 Å². The highest BCUT2D eigenvalue weighted by Gasteiger charge is 2.24. The number of benzene rings is 2. The lowest BCUT2D eigenvalue weighted by atomic mass is 9.95. The van der Waals surface area contributed by atoms with Crippen LogP contribution in [0.5, 0.6) is 0 Å². The summed E-state index contributed by atoms with van der Waals surface area (Å²) in [5.41, 5.74) is 2.69. The fourth-order valence-electron chi connectivity index (χ4n) is 2.24. The molecule has 1 atom stereocenters. The zero-order valence-corrected chi connectivity index (χ0v) is 11.9. The molecule has 2 rings (SSSR count). The number of carbonyl (C=O) groups excluding carboxylic acids is 1. The molecule has 0 fully saturated rings. The quantitative estimate of drug-likeness (QED) is 0.604. The standard InChI is InChI=1S/C16H15O2P/c1-11-7-6-8-12(2)14(11)15(17)16(19-18)13-9-4-3-5-10-13/h3-10,16H,1-2H3. The van der Waals surface area contributed by atoms with Gasteiger partial charge in [0.15, 0.2) is 14.2 Å². The Kier molecular flexibility index (Phi) is 4.24. The van der Waals surface area contributed by atoms with Gasteiger partial charge in [0.25, 0.3) is 0 Å². The van der Waals surface area contributed by atoms with E-state index in [0.717, 1.165) is 16.7 Å². The van der Waals surface area contributed by atoms with Gasteiger partial charge in [-0.05, 0) is 30.5 Å². The van der Waals surface area contributed by atoms with Crippen LogP contribution in [0.1, 0.15) is 32.7 Å². The second-order valence-electron chi connectivity index (χ2n) is 4.55. The van der Waals surface area contributed by atoms with Gasteiger partial charge in [0.05, 0.1) is 0 Å². The van der Waals surface area contributed by atoms with E-state index in [1.165, 1.54) is 0 Å². The first-order valence-corrected chi connectivity index (χ1v) is 7.01. The molecule has 0 aliphatic heterocycles. The van der Waals surface area contributed by atoms with Crippen LogP contribution in [0, 0.1) is 13.8 Å². The summed E-state index contributed by atoms with van der Waals surface area (Å²) in [6.07, 6.45) is 0. The van der Waals surface area contributed by atoms with Crippen LogP contribution in [0.25, 0.3) is 0 Å². The Morgan fingerprint density at radius 3 is 2.05 bits per heavy atom. The van der Waals surface area contributed by atoms with Crippen LogP contribution in [0.15, 0.2) is 48.5 Å². The number of ketones is 1. The molecule has 0 heterocycles. The second-order valence-corrected chi connectivity index (χ2v) is 5.28. The molecule has 3 heteroatoms. The maximum Gasteiger partial charge on any atom is 0.182 e. The lowest BCUT2D eigenvalue weighted by Gasteiger charge is -2.13. The molecule has 0 saturated carbocycles. The minimum absolute atomic E-state index is 0.0848. The summed E-state index contributed by atoms with van der Waals surface area (Å²) >= 11 is 0. The summed E-state index contributed by atoms with van der Waals surface area (Å²) < 4.78 is 11.4. The third kappa shape index (κ3) is 2.80. The van der Waals surface area contributed by atoms with Crippen molar-refractivity contribution in [2.24, 2.45) is 0 Å². The lowest BCUT2D eigenvalue weighted by molar-refractivity contribution is 0.0986. The fourth-order valence-corrected chi connectivity index (χ4v) is 2.75. The smallest absolute Gasteiger partial charge is 0.182 e. The largest absolute Gasteiger partial charge is 0.293 e. The Morgan fingerprint density at radius 2 is 1.53 bits per heavy atom. The van der Waals surface area contributed by atoms with Crippen LogP contribution in [0.3, 0.4) is 0 Å². The molecule has 0 aromatic heterocycles. The maximum atomic E-state index is 12.6. The molecule has 0 aliphatic rings. The molecule has 0 amide bonds. The first-order valence-electron chi connectivity index (χ1n) is 6.13. The van der Waals surface area contributed by atoms with Gasteiger partial charge in [0, 0.05) is 5.56 Å². The zero-order valence-electron chi connectivity index (χ0n) is 11.0. The monoisotopic (exact) mass is 270 g/mol. The minimum Gasteiger partial charge on any atom is -0.293 e. The van der Waals surface area contributed by atoms with Crippen molar-refractivity contribution >= 4 is 14.2 Å². The maximum absolute atomic E-state index is 12.6. The van der Waals surface area contributed by atoms with E-state index in [1.807, 2.05) is 62.4 Å². The number of hydrogen-bond donors (Lipinski definition) is 0. The molecule has 0 N–H and O–H groups in total. The van der Waals surface area contributed by atoms with Crippen LogP contribution < -0.4 is 0 Å². The summed E-state index contributed by atoms with van der Waals surface area (Å²) in [5, 5.41) is 0. The third-order valence-corrected chi connectivity index (χ3v) is 3.94. The predicted octanol–water partition coefficient (Wildman–Crippen LogP) is 4.52. The Bertz CT molecular complexity index is 585. The first-order chi connectivity index (χ1) is 9.15. The molecular formula is C16H15O2P. The van der Waals surface area contributed by atoms with Crippen molar-refractivity contribution < 1.29 is 9.36 Å². The lowest BCUT2D eigenvalue weighted by Crippen LogP contribution is -2.11. The average molecular weight is 270 g/mol. The van der Waals surface area contributed by atoms with Gasteiger partial charge in [-0.25, -0.2) is 0 Å². The van der Waals surface area contributed by atoms with Gasteiger partial charge in [0.1, 0.15) is 5.66 Å². The highest BCUT2D eigenvalue weighted by atomic mass is 31.1. The first kappa shape index (κ1) is 13.6. The molecule has 2 aromatic carbocycles. The Morgan fingerprint density at radius 1 is 0.947 bits per heavy atom. The van der Waals surface area contributed by atoms with E-state index in [9.17, 15) is 9.36 Å². The third-order valence-electron chi connectivity index (χ3n) is 3.20. The number of Topliss-reactive ketones (excluding diaryl/α,β-unsaturated/α-hetero) is 1. The molecule has 2 nitrogen and oxygen atoms in total. The minimum atomic E-state index is -0.624. The zero-order chi connectivity index (χ0) is 13.8. The van der Waals surface area contributed by atoms with E-state index < -0.39 is 5.66 Å². The van der Waals surface area contributed by atoms with Crippen molar-refractivity contribution in [1.29, 1.82) is 0 Å². The van der Waals surface area contributed by atoms with E-state index in [-0.39, 0.29) is 14.2 Å². The van der Waals surface area contributed by atoms with E-state index >= 15 is 0 Å². The van der Waals surface area contributed by atoms with Gasteiger partial charge < -0.3 is 0 Å². The van der Waals surface area contributed by atoms with Crippen LogP contribution in [-0.2, 0) is 4.57 Å². The average Bonchev–Trinajstić information content (AvgIpc) is 2.40. The highest BCUT2D eigenvalue weighted by molar-refractivity contribution is 7.26. The van der Waals surface area contributed by atoms with Crippen molar-refractivity contribution in [2.45, 2.75) is 19.5 Å². The number of rotatable bonds is 4. The van der Waals surface area contributed by atoms with Gasteiger partial charge in [-0.2, -0.15) is 0 Å². The van der Waals surface area contributed by atoms with Crippen LogP contribution in [0.4, 0.5) is 0 Å². The van der Waals surface area contributed by atoms with E-state index in [1.54, 1.807) is 0 Å². The molecule has 2 aromatic rings. The molecule has 96 valence electrons. The summed E-state index contributed by atoms with van der Waals surface area (Å²) in [5.74, 6) is -0.0848. The van der Waals surface area contributed by atoms with Gasteiger partial charge in [-0.1, -0.05) is 48.5 Å². The van der Waals surface area contributed by atoms with Crippen LogP contribution >= 0.6 is 8.46 Å².